The summed E-state index contributed by atoms with van der Waals surface area (Å²) in [5, 5.41) is 12.1. The average molecular weight is 215 g/mol. The van der Waals surface area contributed by atoms with Crippen LogP contribution in [-0.2, 0) is 14.3 Å². The van der Waals surface area contributed by atoms with Gasteiger partial charge in [-0.1, -0.05) is 0 Å². The fourth-order valence-electron chi connectivity index (χ4n) is 0.946. The highest BCUT2D eigenvalue weighted by Gasteiger charge is 2.28. The lowest BCUT2D eigenvalue weighted by atomic mass is 9.99. The summed E-state index contributed by atoms with van der Waals surface area (Å²) in [4.78, 5) is 11.6. The van der Waals surface area contributed by atoms with Gasteiger partial charge >= 0.3 is 0 Å². The molecular weight excluding hydrogens is 198 g/mol. The first kappa shape index (κ1) is 11.8. The number of ether oxygens (including phenoxy) is 2. The van der Waals surface area contributed by atoms with Gasteiger partial charge in [-0.25, -0.2) is 0 Å². The zero-order valence-corrected chi connectivity index (χ0v) is 9.24. The molecule has 1 atom stereocenters. The standard InChI is InChI=1S/C10H17NO4/c1-7(12)10(2,3)11-9(13)8-6-14-4-5-15-8/h6-7,12H,4-5H2,1-3H3,(H,11,13). The van der Waals surface area contributed by atoms with E-state index in [0.717, 1.165) is 0 Å². The number of amides is 1. The number of aliphatic hydroxyl groups is 1. The van der Waals surface area contributed by atoms with Gasteiger partial charge < -0.3 is 19.9 Å². The molecule has 0 spiro atoms. The molecule has 5 nitrogen and oxygen atoms in total. The summed E-state index contributed by atoms with van der Waals surface area (Å²) >= 11 is 0. The Labute approximate surface area is 89.1 Å². The fraction of sp³-hybridized carbons (Fsp3) is 0.700. The highest BCUT2D eigenvalue weighted by atomic mass is 16.6. The highest BCUT2D eigenvalue weighted by Crippen LogP contribution is 2.11. The molecule has 0 aromatic carbocycles. The van der Waals surface area contributed by atoms with Gasteiger partial charge in [0.1, 0.15) is 19.5 Å². The number of rotatable bonds is 3. The van der Waals surface area contributed by atoms with Gasteiger partial charge in [-0.05, 0) is 20.8 Å². The predicted molar refractivity (Wildman–Crippen MR) is 53.9 cm³/mol. The maximum Gasteiger partial charge on any atom is 0.290 e. The molecule has 0 saturated heterocycles. The second-order valence-electron chi connectivity index (χ2n) is 4.05. The molecule has 2 N–H and O–H groups in total. The number of carbonyl (C=O) groups is 1. The smallest absolute Gasteiger partial charge is 0.290 e. The van der Waals surface area contributed by atoms with Crippen LogP contribution in [0.15, 0.2) is 12.0 Å². The average Bonchev–Trinajstić information content (AvgIpc) is 2.18. The molecule has 15 heavy (non-hydrogen) atoms. The number of hydrogen-bond acceptors (Lipinski definition) is 4. The van der Waals surface area contributed by atoms with Crippen molar-refractivity contribution in [2.75, 3.05) is 13.2 Å². The number of nitrogens with one attached hydrogen (secondary N) is 1. The largest absolute Gasteiger partial charge is 0.494 e. The van der Waals surface area contributed by atoms with Gasteiger partial charge in [0, 0.05) is 0 Å². The Bertz CT molecular complexity index is 271. The van der Waals surface area contributed by atoms with Crippen molar-refractivity contribution in [3.8, 4) is 0 Å². The summed E-state index contributed by atoms with van der Waals surface area (Å²) in [5.74, 6) is -0.226. The van der Waals surface area contributed by atoms with E-state index in [2.05, 4.69) is 5.32 Å². The molecule has 86 valence electrons. The first-order valence-electron chi connectivity index (χ1n) is 4.88. The van der Waals surface area contributed by atoms with E-state index in [1.165, 1.54) is 6.26 Å². The lowest BCUT2D eigenvalue weighted by Gasteiger charge is -2.29. The Hall–Kier alpha value is -1.23. The first-order chi connectivity index (χ1) is 6.93. The summed E-state index contributed by atoms with van der Waals surface area (Å²) < 4.78 is 10.1. The van der Waals surface area contributed by atoms with E-state index >= 15 is 0 Å². The predicted octanol–water partition coefficient (Wildman–Crippen LogP) is 0.150. The van der Waals surface area contributed by atoms with E-state index in [9.17, 15) is 9.90 Å². The van der Waals surface area contributed by atoms with Crippen molar-refractivity contribution >= 4 is 5.91 Å². The van der Waals surface area contributed by atoms with Crippen molar-refractivity contribution in [2.24, 2.45) is 0 Å². The van der Waals surface area contributed by atoms with Crippen LogP contribution in [0.4, 0.5) is 0 Å². The third kappa shape index (κ3) is 3.13. The molecule has 1 heterocycles. The van der Waals surface area contributed by atoms with E-state index in [4.69, 9.17) is 9.47 Å². The normalized spacial score (nSPS) is 18.3. The summed E-state index contributed by atoms with van der Waals surface area (Å²) in [5.41, 5.74) is -0.696. The Kier molecular flexibility index (Phi) is 3.57. The van der Waals surface area contributed by atoms with E-state index in [1.54, 1.807) is 20.8 Å². The van der Waals surface area contributed by atoms with Gasteiger partial charge in [-0.15, -0.1) is 0 Å². The Balaban J connectivity index is 2.58. The van der Waals surface area contributed by atoms with Crippen LogP contribution in [0.25, 0.3) is 0 Å². The maximum atomic E-state index is 11.6. The molecule has 0 radical (unpaired) electrons. The molecule has 1 aliphatic heterocycles. The second kappa shape index (κ2) is 4.53. The third-order valence-electron chi connectivity index (χ3n) is 2.35. The van der Waals surface area contributed by atoms with Gasteiger partial charge in [0.25, 0.3) is 5.91 Å². The first-order valence-corrected chi connectivity index (χ1v) is 4.88. The van der Waals surface area contributed by atoms with Crippen LogP contribution in [0.5, 0.6) is 0 Å². The monoisotopic (exact) mass is 215 g/mol. The van der Waals surface area contributed by atoms with Gasteiger partial charge in [-0.3, -0.25) is 4.79 Å². The van der Waals surface area contributed by atoms with Crippen molar-refractivity contribution in [3.63, 3.8) is 0 Å². The quantitative estimate of drug-likeness (QED) is 0.703. The van der Waals surface area contributed by atoms with E-state index in [-0.39, 0.29) is 11.7 Å². The van der Waals surface area contributed by atoms with Gasteiger partial charge in [0.2, 0.25) is 5.76 Å². The van der Waals surface area contributed by atoms with Crippen LogP contribution >= 0.6 is 0 Å². The summed E-state index contributed by atoms with van der Waals surface area (Å²) in [7, 11) is 0. The molecule has 0 aromatic rings. The number of hydrogen-bond donors (Lipinski definition) is 2. The minimum Gasteiger partial charge on any atom is -0.494 e. The van der Waals surface area contributed by atoms with Gasteiger partial charge in [-0.2, -0.15) is 0 Å². The minimum atomic E-state index is -0.696. The Morgan fingerprint density at radius 2 is 2.27 bits per heavy atom. The van der Waals surface area contributed by atoms with Crippen molar-refractivity contribution in [2.45, 2.75) is 32.4 Å². The Morgan fingerprint density at radius 1 is 1.60 bits per heavy atom. The van der Waals surface area contributed by atoms with Crippen LogP contribution in [0, 0.1) is 0 Å². The van der Waals surface area contributed by atoms with Crippen LogP contribution in [-0.4, -0.2) is 35.9 Å². The lowest BCUT2D eigenvalue weighted by Crippen LogP contribution is -2.51. The zero-order valence-electron chi connectivity index (χ0n) is 9.24. The third-order valence-corrected chi connectivity index (χ3v) is 2.35. The SMILES string of the molecule is CC(O)C(C)(C)NC(=O)C1=COCCO1. The number of carbonyl (C=O) groups excluding carboxylic acids is 1. The summed E-state index contributed by atoms with van der Waals surface area (Å²) in [6.45, 7) is 5.91. The van der Waals surface area contributed by atoms with Crippen molar-refractivity contribution < 1.29 is 19.4 Å². The fourth-order valence-corrected chi connectivity index (χ4v) is 0.946. The molecule has 0 saturated carbocycles. The van der Waals surface area contributed by atoms with Crippen LogP contribution in [0.1, 0.15) is 20.8 Å². The van der Waals surface area contributed by atoms with Gasteiger partial charge in [0.05, 0.1) is 11.6 Å². The minimum absolute atomic E-state index is 0.148. The van der Waals surface area contributed by atoms with Crippen LogP contribution < -0.4 is 5.32 Å². The molecule has 1 amide bonds. The molecule has 0 aromatic heterocycles. The number of aliphatic hydroxyl groups excluding tert-OH is 1. The molecule has 1 unspecified atom stereocenters. The van der Waals surface area contributed by atoms with Crippen LogP contribution in [0.3, 0.4) is 0 Å². The van der Waals surface area contributed by atoms with E-state index in [1.807, 2.05) is 0 Å². The second-order valence-corrected chi connectivity index (χ2v) is 4.05. The van der Waals surface area contributed by atoms with Crippen molar-refractivity contribution in [3.05, 3.63) is 12.0 Å². The van der Waals surface area contributed by atoms with E-state index < -0.39 is 11.6 Å². The summed E-state index contributed by atoms with van der Waals surface area (Å²) in [6.07, 6.45) is 0.642. The maximum absolute atomic E-state index is 11.6. The van der Waals surface area contributed by atoms with Gasteiger partial charge in [0.15, 0.2) is 0 Å². The van der Waals surface area contributed by atoms with Crippen molar-refractivity contribution in [1.29, 1.82) is 0 Å². The molecule has 1 rings (SSSR count). The highest BCUT2D eigenvalue weighted by molar-refractivity contribution is 5.91. The molecule has 0 aliphatic carbocycles. The topological polar surface area (TPSA) is 67.8 Å². The van der Waals surface area contributed by atoms with E-state index in [0.29, 0.717) is 13.2 Å². The molecule has 5 heteroatoms. The molecule has 0 fully saturated rings. The molecule has 0 bridgehead atoms. The van der Waals surface area contributed by atoms with Crippen molar-refractivity contribution in [1.82, 2.24) is 5.32 Å². The van der Waals surface area contributed by atoms with Crippen LogP contribution in [0.2, 0.25) is 0 Å². The molecular formula is C10H17NO4. The lowest BCUT2D eigenvalue weighted by molar-refractivity contribution is -0.125. The zero-order chi connectivity index (χ0) is 11.5. The summed E-state index contributed by atoms with van der Waals surface area (Å²) in [6, 6.07) is 0. The molecule has 1 aliphatic rings. The Morgan fingerprint density at radius 3 is 2.73 bits per heavy atom.